The summed E-state index contributed by atoms with van der Waals surface area (Å²) in [5, 5.41) is 3.62. The highest BCUT2D eigenvalue weighted by Crippen LogP contribution is 2.32. The average molecular weight is 252 g/mol. The summed E-state index contributed by atoms with van der Waals surface area (Å²) < 4.78 is 0. The maximum absolute atomic E-state index is 12.3. The van der Waals surface area contributed by atoms with Gasteiger partial charge in [-0.15, -0.1) is 0 Å². The summed E-state index contributed by atoms with van der Waals surface area (Å²) in [4.78, 5) is 14.3. The zero-order valence-electron chi connectivity index (χ0n) is 12.0. The van der Waals surface area contributed by atoms with E-state index in [-0.39, 0.29) is 6.04 Å². The highest BCUT2D eigenvalue weighted by atomic mass is 16.2. The van der Waals surface area contributed by atoms with Crippen LogP contribution in [0.3, 0.4) is 0 Å². The molecule has 1 aliphatic heterocycles. The monoisotopic (exact) mass is 252 g/mol. The van der Waals surface area contributed by atoms with Crippen LogP contribution in [0.5, 0.6) is 0 Å². The lowest BCUT2D eigenvalue weighted by Gasteiger charge is -2.40. The second-order valence-electron chi connectivity index (χ2n) is 6.06. The minimum Gasteiger partial charge on any atom is -0.344 e. The van der Waals surface area contributed by atoms with Crippen LogP contribution in [-0.2, 0) is 4.79 Å². The Balaban J connectivity index is 1.84. The minimum atomic E-state index is 0.0891. The van der Waals surface area contributed by atoms with Crippen molar-refractivity contribution in [2.24, 2.45) is 5.92 Å². The molecule has 1 saturated heterocycles. The van der Waals surface area contributed by atoms with Gasteiger partial charge in [0, 0.05) is 19.6 Å². The second-order valence-corrected chi connectivity index (χ2v) is 6.06. The van der Waals surface area contributed by atoms with E-state index in [4.69, 9.17) is 0 Å². The average Bonchev–Trinajstić information content (AvgIpc) is 2.43. The highest BCUT2D eigenvalue weighted by molar-refractivity contribution is 5.81. The van der Waals surface area contributed by atoms with Crippen LogP contribution in [0.25, 0.3) is 0 Å². The Kier molecular flexibility index (Phi) is 5.04. The molecule has 0 aromatic carbocycles. The van der Waals surface area contributed by atoms with Gasteiger partial charge in [-0.25, -0.2) is 0 Å². The quantitative estimate of drug-likeness (QED) is 0.834. The van der Waals surface area contributed by atoms with Crippen LogP contribution in [-0.4, -0.2) is 36.5 Å². The number of amides is 1. The van der Waals surface area contributed by atoms with E-state index in [2.05, 4.69) is 12.2 Å². The lowest BCUT2D eigenvalue weighted by Crippen LogP contribution is -2.55. The molecule has 0 aromatic heterocycles. The summed E-state index contributed by atoms with van der Waals surface area (Å²) in [6.07, 6.45) is 9.91. The van der Waals surface area contributed by atoms with Crippen molar-refractivity contribution >= 4 is 5.91 Å². The molecule has 0 bridgehead atoms. The van der Waals surface area contributed by atoms with Gasteiger partial charge in [-0.1, -0.05) is 26.2 Å². The fourth-order valence-corrected chi connectivity index (χ4v) is 3.46. The molecule has 18 heavy (non-hydrogen) atoms. The normalized spacial score (nSPS) is 31.8. The highest BCUT2D eigenvalue weighted by Gasteiger charge is 2.35. The summed E-state index contributed by atoms with van der Waals surface area (Å²) in [6, 6.07) is 0.701. The van der Waals surface area contributed by atoms with Crippen LogP contribution in [0.4, 0.5) is 0 Å². The van der Waals surface area contributed by atoms with Crippen LogP contribution in [0.15, 0.2) is 0 Å². The lowest BCUT2D eigenvalue weighted by molar-refractivity contribution is -0.133. The molecule has 2 rings (SSSR count). The van der Waals surface area contributed by atoms with Crippen molar-refractivity contribution in [2.75, 3.05) is 13.6 Å². The van der Waals surface area contributed by atoms with Crippen molar-refractivity contribution in [1.82, 2.24) is 10.2 Å². The number of rotatable bonds is 4. The maximum Gasteiger partial charge on any atom is 0.239 e. The molecule has 2 aliphatic rings. The lowest BCUT2D eigenvalue weighted by atomic mass is 9.77. The molecule has 1 saturated carbocycles. The van der Waals surface area contributed by atoms with Crippen LogP contribution in [0, 0.1) is 5.92 Å². The number of fused-ring (bicyclic) bond motifs is 1. The molecule has 3 heteroatoms. The number of hydrogen-bond donors (Lipinski definition) is 1. The van der Waals surface area contributed by atoms with Gasteiger partial charge in [0.1, 0.15) is 0 Å². The molecule has 1 aliphatic carbocycles. The third-order valence-corrected chi connectivity index (χ3v) is 4.67. The van der Waals surface area contributed by atoms with Crippen molar-refractivity contribution in [1.29, 1.82) is 0 Å². The predicted octanol–water partition coefficient (Wildman–Crippen LogP) is 2.56. The van der Waals surface area contributed by atoms with Gasteiger partial charge in [0.25, 0.3) is 0 Å². The smallest absolute Gasteiger partial charge is 0.239 e. The number of carbonyl (C=O) groups is 1. The van der Waals surface area contributed by atoms with E-state index in [1.165, 1.54) is 32.1 Å². The summed E-state index contributed by atoms with van der Waals surface area (Å²) >= 11 is 0. The number of nitrogens with one attached hydrogen (secondary N) is 1. The zero-order chi connectivity index (χ0) is 13.0. The van der Waals surface area contributed by atoms with E-state index in [1.807, 2.05) is 11.9 Å². The van der Waals surface area contributed by atoms with Crippen LogP contribution in [0.2, 0.25) is 0 Å². The molecule has 0 spiro atoms. The van der Waals surface area contributed by atoms with Crippen molar-refractivity contribution in [3.8, 4) is 0 Å². The predicted molar refractivity (Wildman–Crippen MR) is 74.4 cm³/mol. The number of carbonyl (C=O) groups excluding carboxylic acids is 1. The Bertz CT molecular complexity index is 280. The Morgan fingerprint density at radius 2 is 2.00 bits per heavy atom. The van der Waals surface area contributed by atoms with Gasteiger partial charge < -0.3 is 10.2 Å². The van der Waals surface area contributed by atoms with E-state index in [0.29, 0.717) is 11.9 Å². The third-order valence-electron chi connectivity index (χ3n) is 4.67. The number of likely N-dealkylation sites (N-methyl/N-ethyl adjacent to an activating group) is 1. The Morgan fingerprint density at radius 1 is 1.22 bits per heavy atom. The van der Waals surface area contributed by atoms with Crippen LogP contribution < -0.4 is 5.32 Å². The molecule has 3 unspecified atom stereocenters. The zero-order valence-corrected chi connectivity index (χ0v) is 12.0. The fraction of sp³-hybridized carbons (Fsp3) is 0.933. The largest absolute Gasteiger partial charge is 0.344 e. The van der Waals surface area contributed by atoms with Crippen LogP contribution in [0.1, 0.15) is 58.3 Å². The topological polar surface area (TPSA) is 32.3 Å². The first-order chi connectivity index (χ1) is 8.72. The van der Waals surface area contributed by atoms with Crippen molar-refractivity contribution in [3.05, 3.63) is 0 Å². The Morgan fingerprint density at radius 3 is 2.78 bits per heavy atom. The number of piperidine rings is 1. The minimum absolute atomic E-state index is 0.0891. The Hall–Kier alpha value is -0.570. The van der Waals surface area contributed by atoms with Crippen LogP contribution >= 0.6 is 0 Å². The summed E-state index contributed by atoms with van der Waals surface area (Å²) in [5.74, 6) is 1.15. The van der Waals surface area contributed by atoms with Gasteiger partial charge in [-0.2, -0.15) is 0 Å². The first-order valence-corrected chi connectivity index (χ1v) is 7.73. The molecular weight excluding hydrogens is 224 g/mol. The SMILES string of the molecule is CCCCN(C)C(=O)C1CCC2CCCCC2N1. The van der Waals surface area contributed by atoms with Crippen molar-refractivity contribution < 1.29 is 4.79 Å². The summed E-state index contributed by atoms with van der Waals surface area (Å²) in [7, 11) is 1.95. The van der Waals surface area contributed by atoms with Crippen molar-refractivity contribution in [2.45, 2.75) is 70.4 Å². The van der Waals surface area contributed by atoms with E-state index in [9.17, 15) is 4.79 Å². The van der Waals surface area contributed by atoms with Gasteiger partial charge in [0.05, 0.1) is 6.04 Å². The van der Waals surface area contributed by atoms with Gasteiger partial charge in [-0.3, -0.25) is 4.79 Å². The molecule has 1 amide bonds. The van der Waals surface area contributed by atoms with Gasteiger partial charge in [-0.05, 0) is 38.0 Å². The molecule has 3 nitrogen and oxygen atoms in total. The van der Waals surface area contributed by atoms with E-state index >= 15 is 0 Å². The third kappa shape index (κ3) is 3.25. The molecule has 1 N–H and O–H groups in total. The number of hydrogen-bond acceptors (Lipinski definition) is 2. The Labute approximate surface area is 111 Å². The fourth-order valence-electron chi connectivity index (χ4n) is 3.46. The van der Waals surface area contributed by atoms with Gasteiger partial charge in [0.2, 0.25) is 5.91 Å². The summed E-state index contributed by atoms with van der Waals surface area (Å²) in [5.41, 5.74) is 0. The molecule has 1 heterocycles. The molecule has 0 aromatic rings. The number of nitrogens with zero attached hydrogens (tertiary/aromatic N) is 1. The van der Waals surface area contributed by atoms with Crippen molar-refractivity contribution in [3.63, 3.8) is 0 Å². The summed E-state index contributed by atoms with van der Waals surface area (Å²) in [6.45, 7) is 3.07. The molecule has 3 atom stereocenters. The van der Waals surface area contributed by atoms with E-state index in [1.54, 1.807) is 0 Å². The van der Waals surface area contributed by atoms with Gasteiger partial charge in [0.15, 0.2) is 0 Å². The standard InChI is InChI=1S/C15H28N2O/c1-3-4-11-17(2)15(18)14-10-9-12-7-5-6-8-13(12)16-14/h12-14,16H,3-11H2,1-2H3. The maximum atomic E-state index is 12.3. The van der Waals surface area contributed by atoms with E-state index < -0.39 is 0 Å². The first-order valence-electron chi connectivity index (χ1n) is 7.73. The second kappa shape index (κ2) is 6.55. The molecule has 104 valence electrons. The van der Waals surface area contributed by atoms with E-state index in [0.717, 1.165) is 31.7 Å². The molecule has 0 radical (unpaired) electrons. The molecule has 2 fully saturated rings. The number of unbranched alkanes of at least 4 members (excludes halogenated alkanes) is 1. The first kappa shape index (κ1) is 13.9. The molecular formula is C15H28N2O. The van der Waals surface area contributed by atoms with Gasteiger partial charge >= 0.3 is 0 Å².